The Morgan fingerprint density at radius 1 is 0.706 bits per heavy atom. The Labute approximate surface area is 102 Å². The van der Waals surface area contributed by atoms with Crippen LogP contribution in [0.5, 0.6) is 0 Å². The molecule has 0 spiro atoms. The van der Waals surface area contributed by atoms with Crippen LogP contribution in [0.1, 0.15) is 18.1 Å². The highest BCUT2D eigenvalue weighted by atomic mass is 14.2. The molecule has 82 valence electrons. The highest BCUT2D eigenvalue weighted by Gasteiger charge is 2.21. The standard InChI is InChI=1S/C17H14/c1-2-3-8-13-14-9-4-6-11-16(14)17-12-7-5-10-15(13)17/h2-12H,1H3. The first-order valence-corrected chi connectivity index (χ1v) is 5.94. The first-order valence-electron chi connectivity index (χ1n) is 5.94. The van der Waals surface area contributed by atoms with E-state index in [-0.39, 0.29) is 0 Å². The molecule has 0 aromatic heterocycles. The molecule has 0 saturated carbocycles. The Morgan fingerprint density at radius 2 is 1.18 bits per heavy atom. The zero-order valence-corrected chi connectivity index (χ0v) is 9.85. The van der Waals surface area contributed by atoms with Gasteiger partial charge < -0.3 is 0 Å². The molecule has 0 unspecified atom stereocenters. The average Bonchev–Trinajstić information content (AvgIpc) is 2.71. The third-order valence-electron chi connectivity index (χ3n) is 3.18. The van der Waals surface area contributed by atoms with Gasteiger partial charge in [-0.05, 0) is 34.8 Å². The Morgan fingerprint density at radius 3 is 1.65 bits per heavy atom. The van der Waals surface area contributed by atoms with E-state index >= 15 is 0 Å². The van der Waals surface area contributed by atoms with E-state index in [9.17, 15) is 0 Å². The molecule has 0 bridgehead atoms. The minimum Gasteiger partial charge on any atom is -0.0876 e. The molecule has 2 aromatic carbocycles. The summed E-state index contributed by atoms with van der Waals surface area (Å²) in [6, 6.07) is 17.2. The highest BCUT2D eigenvalue weighted by molar-refractivity contribution is 6.01. The molecule has 17 heavy (non-hydrogen) atoms. The normalized spacial score (nSPS) is 12.6. The van der Waals surface area contributed by atoms with E-state index in [0.29, 0.717) is 0 Å². The summed E-state index contributed by atoms with van der Waals surface area (Å²) in [6.45, 7) is 2.05. The van der Waals surface area contributed by atoms with Gasteiger partial charge in [0.2, 0.25) is 0 Å². The van der Waals surface area contributed by atoms with Gasteiger partial charge in [-0.1, -0.05) is 66.8 Å². The van der Waals surface area contributed by atoms with E-state index in [4.69, 9.17) is 0 Å². The summed E-state index contributed by atoms with van der Waals surface area (Å²) < 4.78 is 0. The maximum atomic E-state index is 2.20. The molecule has 0 heterocycles. The maximum Gasteiger partial charge on any atom is -0.00990 e. The van der Waals surface area contributed by atoms with Crippen LogP contribution in [0.4, 0.5) is 0 Å². The van der Waals surface area contributed by atoms with Crippen molar-refractivity contribution < 1.29 is 0 Å². The molecule has 0 N–H and O–H groups in total. The molecule has 3 rings (SSSR count). The quantitative estimate of drug-likeness (QED) is 0.556. The summed E-state index contributed by atoms with van der Waals surface area (Å²) >= 11 is 0. The van der Waals surface area contributed by atoms with Gasteiger partial charge in [0.1, 0.15) is 0 Å². The maximum absolute atomic E-state index is 2.20. The van der Waals surface area contributed by atoms with Gasteiger partial charge in [-0.25, -0.2) is 0 Å². The molecule has 0 radical (unpaired) electrons. The van der Waals surface area contributed by atoms with Crippen molar-refractivity contribution in [3.05, 3.63) is 77.9 Å². The molecule has 0 aliphatic heterocycles. The van der Waals surface area contributed by atoms with Crippen molar-refractivity contribution >= 4 is 5.57 Å². The predicted octanol–water partition coefficient (Wildman–Crippen LogP) is 4.67. The van der Waals surface area contributed by atoms with E-state index in [2.05, 4.69) is 66.8 Å². The van der Waals surface area contributed by atoms with Gasteiger partial charge in [0.15, 0.2) is 0 Å². The Balaban J connectivity index is 2.31. The van der Waals surface area contributed by atoms with Gasteiger partial charge >= 0.3 is 0 Å². The summed E-state index contributed by atoms with van der Waals surface area (Å²) in [5.74, 6) is 0. The van der Waals surface area contributed by atoms with Crippen LogP contribution in [0.25, 0.3) is 16.7 Å². The lowest BCUT2D eigenvalue weighted by Gasteiger charge is -2.00. The van der Waals surface area contributed by atoms with Crippen LogP contribution in [-0.2, 0) is 0 Å². The SMILES string of the molecule is CC=CC=C1c2ccccc2-c2ccccc21. The molecule has 0 saturated heterocycles. The minimum absolute atomic E-state index is 1.33. The number of hydrogen-bond donors (Lipinski definition) is 0. The summed E-state index contributed by atoms with van der Waals surface area (Å²) in [6.07, 6.45) is 6.37. The molecule has 0 heteroatoms. The van der Waals surface area contributed by atoms with Gasteiger partial charge in [-0.3, -0.25) is 0 Å². The first-order chi connectivity index (χ1) is 8.42. The van der Waals surface area contributed by atoms with Crippen molar-refractivity contribution in [2.75, 3.05) is 0 Å². The topological polar surface area (TPSA) is 0 Å². The lowest BCUT2D eigenvalue weighted by molar-refractivity contribution is 1.65. The van der Waals surface area contributed by atoms with Gasteiger partial charge in [0.05, 0.1) is 0 Å². The highest BCUT2D eigenvalue weighted by Crippen LogP contribution is 2.43. The van der Waals surface area contributed by atoms with Gasteiger partial charge in [0.25, 0.3) is 0 Å². The van der Waals surface area contributed by atoms with E-state index in [0.717, 1.165) is 0 Å². The second-order valence-electron chi connectivity index (χ2n) is 4.20. The van der Waals surface area contributed by atoms with E-state index in [1.807, 2.05) is 6.92 Å². The van der Waals surface area contributed by atoms with E-state index < -0.39 is 0 Å². The molecule has 0 atom stereocenters. The third kappa shape index (κ3) is 1.53. The van der Waals surface area contributed by atoms with Crippen molar-refractivity contribution in [3.63, 3.8) is 0 Å². The molecule has 1 aliphatic carbocycles. The predicted molar refractivity (Wildman–Crippen MR) is 73.8 cm³/mol. The largest absolute Gasteiger partial charge is 0.0876 e. The van der Waals surface area contributed by atoms with Crippen LogP contribution < -0.4 is 0 Å². The summed E-state index contributed by atoms with van der Waals surface area (Å²) in [5.41, 5.74) is 6.70. The van der Waals surface area contributed by atoms with Crippen molar-refractivity contribution in [2.24, 2.45) is 0 Å². The third-order valence-corrected chi connectivity index (χ3v) is 3.18. The summed E-state index contributed by atoms with van der Waals surface area (Å²) in [4.78, 5) is 0. The summed E-state index contributed by atoms with van der Waals surface area (Å²) in [5, 5.41) is 0. The lowest BCUT2D eigenvalue weighted by Crippen LogP contribution is -1.79. The molecular weight excluding hydrogens is 204 g/mol. The van der Waals surface area contributed by atoms with E-state index in [1.165, 1.54) is 27.8 Å². The molecule has 0 nitrogen and oxygen atoms in total. The van der Waals surface area contributed by atoms with Crippen molar-refractivity contribution in [3.8, 4) is 11.1 Å². The van der Waals surface area contributed by atoms with Crippen molar-refractivity contribution in [2.45, 2.75) is 6.92 Å². The summed E-state index contributed by atoms with van der Waals surface area (Å²) in [7, 11) is 0. The Bertz CT molecular complexity index is 568. The molecule has 1 aliphatic rings. The number of allylic oxidation sites excluding steroid dienone is 3. The number of hydrogen-bond acceptors (Lipinski definition) is 0. The van der Waals surface area contributed by atoms with Crippen LogP contribution >= 0.6 is 0 Å². The molecule has 2 aromatic rings. The minimum atomic E-state index is 1.33. The van der Waals surface area contributed by atoms with Crippen LogP contribution in [0.3, 0.4) is 0 Å². The molecule has 0 fully saturated rings. The second kappa shape index (κ2) is 4.06. The van der Waals surface area contributed by atoms with Gasteiger partial charge in [-0.15, -0.1) is 0 Å². The fraction of sp³-hybridized carbons (Fsp3) is 0.0588. The smallest absolute Gasteiger partial charge is 0.00990 e. The monoisotopic (exact) mass is 218 g/mol. The van der Waals surface area contributed by atoms with Crippen LogP contribution in [-0.4, -0.2) is 0 Å². The van der Waals surface area contributed by atoms with Crippen LogP contribution in [0.15, 0.2) is 66.8 Å². The fourth-order valence-corrected chi connectivity index (χ4v) is 2.42. The second-order valence-corrected chi connectivity index (χ2v) is 4.20. The van der Waals surface area contributed by atoms with Crippen LogP contribution in [0.2, 0.25) is 0 Å². The van der Waals surface area contributed by atoms with Gasteiger partial charge in [0, 0.05) is 0 Å². The van der Waals surface area contributed by atoms with Gasteiger partial charge in [-0.2, -0.15) is 0 Å². The average molecular weight is 218 g/mol. The van der Waals surface area contributed by atoms with Crippen molar-refractivity contribution in [1.82, 2.24) is 0 Å². The zero-order chi connectivity index (χ0) is 11.7. The Kier molecular flexibility index (Phi) is 2.41. The van der Waals surface area contributed by atoms with E-state index in [1.54, 1.807) is 0 Å². The van der Waals surface area contributed by atoms with Crippen molar-refractivity contribution in [1.29, 1.82) is 0 Å². The lowest BCUT2D eigenvalue weighted by atomic mass is 10.0. The number of fused-ring (bicyclic) bond motifs is 3. The van der Waals surface area contributed by atoms with Crippen LogP contribution in [0, 0.1) is 0 Å². The number of benzene rings is 2. The first kappa shape index (κ1) is 10.1. The number of rotatable bonds is 1. The fourth-order valence-electron chi connectivity index (χ4n) is 2.42. The molecule has 0 amide bonds. The molecular formula is C17H14. The Hall–Kier alpha value is -2.08. The zero-order valence-electron chi connectivity index (χ0n) is 9.85.